The van der Waals surface area contributed by atoms with Crippen molar-refractivity contribution in [2.45, 2.75) is 26.2 Å². The van der Waals surface area contributed by atoms with E-state index in [1.165, 1.54) is 18.3 Å². The van der Waals surface area contributed by atoms with Crippen molar-refractivity contribution in [1.82, 2.24) is 9.88 Å². The van der Waals surface area contributed by atoms with Gasteiger partial charge in [-0.25, -0.2) is 0 Å². The number of amides is 1. The molecule has 1 unspecified atom stereocenters. The van der Waals surface area contributed by atoms with E-state index in [4.69, 9.17) is 0 Å². The summed E-state index contributed by atoms with van der Waals surface area (Å²) in [5.41, 5.74) is -0.719. The molecule has 1 aliphatic rings. The van der Waals surface area contributed by atoms with Crippen molar-refractivity contribution in [2.24, 2.45) is 5.41 Å². The van der Waals surface area contributed by atoms with Crippen molar-refractivity contribution < 1.29 is 14.7 Å². The van der Waals surface area contributed by atoms with Crippen LogP contribution < -0.4 is 5.56 Å². The normalized spacial score (nSPS) is 21.9. The maximum absolute atomic E-state index is 12.3. The van der Waals surface area contributed by atoms with Gasteiger partial charge in [0.05, 0.1) is 11.0 Å². The van der Waals surface area contributed by atoms with Crippen molar-refractivity contribution in [2.75, 3.05) is 13.1 Å². The first-order valence-corrected chi connectivity index (χ1v) is 6.70. The SMILES string of the molecule is CCCC1(C(=O)O)CCN(C(=O)c2ccc(=O)[nH]c2)C1. The summed E-state index contributed by atoms with van der Waals surface area (Å²) in [5, 5.41) is 9.42. The number of carbonyl (C=O) groups is 2. The van der Waals surface area contributed by atoms with E-state index < -0.39 is 11.4 Å². The predicted molar refractivity (Wildman–Crippen MR) is 72.6 cm³/mol. The van der Waals surface area contributed by atoms with Crippen LogP contribution >= 0.6 is 0 Å². The van der Waals surface area contributed by atoms with Crippen molar-refractivity contribution >= 4 is 11.9 Å². The third-order valence-electron chi connectivity index (χ3n) is 3.85. The molecule has 1 aliphatic heterocycles. The second kappa shape index (κ2) is 5.48. The lowest BCUT2D eigenvalue weighted by Crippen LogP contribution is -2.37. The molecule has 2 rings (SSSR count). The van der Waals surface area contributed by atoms with Crippen LogP contribution in [0.1, 0.15) is 36.5 Å². The molecule has 0 radical (unpaired) electrons. The Labute approximate surface area is 116 Å². The molecular weight excluding hydrogens is 260 g/mol. The Morgan fingerprint density at radius 1 is 1.45 bits per heavy atom. The summed E-state index contributed by atoms with van der Waals surface area (Å²) in [6, 6.07) is 2.75. The van der Waals surface area contributed by atoms with E-state index in [0.717, 1.165) is 6.42 Å². The molecule has 1 atom stereocenters. The summed E-state index contributed by atoms with van der Waals surface area (Å²) in [4.78, 5) is 38.8. The molecule has 1 saturated heterocycles. The first-order chi connectivity index (χ1) is 9.48. The standard InChI is InChI=1S/C14H18N2O4/c1-2-5-14(13(19)20)6-7-16(9-14)12(18)10-3-4-11(17)15-8-10/h3-4,8H,2,5-7,9H2,1H3,(H,15,17)(H,19,20). The van der Waals surface area contributed by atoms with Crippen LogP contribution in [-0.2, 0) is 4.79 Å². The maximum Gasteiger partial charge on any atom is 0.311 e. The minimum Gasteiger partial charge on any atom is -0.481 e. The zero-order valence-corrected chi connectivity index (χ0v) is 11.4. The molecule has 0 aromatic carbocycles. The van der Waals surface area contributed by atoms with Gasteiger partial charge in [0, 0.05) is 25.4 Å². The average molecular weight is 278 g/mol. The zero-order chi connectivity index (χ0) is 14.8. The highest BCUT2D eigenvalue weighted by atomic mass is 16.4. The number of hydrogen-bond acceptors (Lipinski definition) is 3. The topological polar surface area (TPSA) is 90.5 Å². The van der Waals surface area contributed by atoms with Crippen molar-refractivity contribution in [3.63, 3.8) is 0 Å². The van der Waals surface area contributed by atoms with Crippen LogP contribution in [0.4, 0.5) is 0 Å². The van der Waals surface area contributed by atoms with Gasteiger partial charge < -0.3 is 15.0 Å². The monoisotopic (exact) mass is 278 g/mol. The average Bonchev–Trinajstić information content (AvgIpc) is 2.85. The lowest BCUT2D eigenvalue weighted by Gasteiger charge is -2.24. The number of nitrogens with zero attached hydrogens (tertiary/aromatic N) is 1. The highest BCUT2D eigenvalue weighted by molar-refractivity contribution is 5.94. The largest absolute Gasteiger partial charge is 0.481 e. The van der Waals surface area contributed by atoms with Crippen LogP contribution in [0.15, 0.2) is 23.1 Å². The van der Waals surface area contributed by atoms with Crippen LogP contribution in [-0.4, -0.2) is 40.0 Å². The summed E-state index contributed by atoms with van der Waals surface area (Å²) in [6.45, 7) is 2.61. The Morgan fingerprint density at radius 3 is 2.75 bits per heavy atom. The molecule has 20 heavy (non-hydrogen) atoms. The fraction of sp³-hybridized carbons (Fsp3) is 0.500. The maximum atomic E-state index is 12.3. The van der Waals surface area contributed by atoms with Gasteiger partial charge in [-0.1, -0.05) is 13.3 Å². The second-order valence-corrected chi connectivity index (χ2v) is 5.25. The number of hydrogen-bond donors (Lipinski definition) is 2. The summed E-state index contributed by atoms with van der Waals surface area (Å²) < 4.78 is 0. The first-order valence-electron chi connectivity index (χ1n) is 6.70. The number of aromatic nitrogens is 1. The molecule has 1 aromatic heterocycles. The van der Waals surface area contributed by atoms with Gasteiger partial charge in [-0.05, 0) is 18.9 Å². The lowest BCUT2D eigenvalue weighted by molar-refractivity contribution is -0.148. The van der Waals surface area contributed by atoms with Crippen molar-refractivity contribution in [3.05, 3.63) is 34.2 Å². The third-order valence-corrected chi connectivity index (χ3v) is 3.85. The number of nitrogens with one attached hydrogen (secondary N) is 1. The summed E-state index contributed by atoms with van der Waals surface area (Å²) in [7, 11) is 0. The minimum absolute atomic E-state index is 0.230. The van der Waals surface area contributed by atoms with E-state index in [9.17, 15) is 19.5 Å². The van der Waals surface area contributed by atoms with Crippen molar-refractivity contribution in [1.29, 1.82) is 0 Å². The van der Waals surface area contributed by atoms with E-state index in [1.807, 2.05) is 6.92 Å². The first kappa shape index (κ1) is 14.3. The predicted octanol–water partition coefficient (Wildman–Crippen LogP) is 1.09. The Morgan fingerprint density at radius 2 is 2.20 bits per heavy atom. The number of aliphatic carboxylic acids is 1. The number of rotatable bonds is 4. The number of carboxylic acids is 1. The van der Waals surface area contributed by atoms with E-state index in [1.54, 1.807) is 4.90 Å². The number of H-pyrrole nitrogens is 1. The summed E-state index contributed by atoms with van der Waals surface area (Å²) in [5.74, 6) is -1.07. The van der Waals surface area contributed by atoms with Gasteiger partial charge in [-0.3, -0.25) is 14.4 Å². The molecule has 0 aliphatic carbocycles. The fourth-order valence-electron chi connectivity index (χ4n) is 2.74. The lowest BCUT2D eigenvalue weighted by atomic mass is 9.83. The molecule has 6 heteroatoms. The molecule has 0 bridgehead atoms. The van der Waals surface area contributed by atoms with E-state index in [2.05, 4.69) is 4.98 Å². The third kappa shape index (κ3) is 2.59. The molecular formula is C14H18N2O4. The number of aromatic amines is 1. The van der Waals surface area contributed by atoms with Crippen molar-refractivity contribution in [3.8, 4) is 0 Å². The molecule has 6 nitrogen and oxygen atoms in total. The molecule has 2 heterocycles. The second-order valence-electron chi connectivity index (χ2n) is 5.25. The van der Waals surface area contributed by atoms with E-state index >= 15 is 0 Å². The molecule has 0 spiro atoms. The Kier molecular flexibility index (Phi) is 3.92. The highest BCUT2D eigenvalue weighted by Gasteiger charge is 2.45. The van der Waals surface area contributed by atoms with Gasteiger partial charge in [0.1, 0.15) is 0 Å². The van der Waals surface area contributed by atoms with Gasteiger partial charge in [0.15, 0.2) is 0 Å². The van der Waals surface area contributed by atoms with E-state index in [-0.39, 0.29) is 18.0 Å². The highest BCUT2D eigenvalue weighted by Crippen LogP contribution is 2.36. The zero-order valence-electron chi connectivity index (χ0n) is 11.4. The molecule has 0 saturated carbocycles. The van der Waals surface area contributed by atoms with Gasteiger partial charge in [-0.2, -0.15) is 0 Å². The minimum atomic E-state index is -0.837. The van der Waals surface area contributed by atoms with Crippen LogP contribution in [0.3, 0.4) is 0 Å². The molecule has 1 amide bonds. The van der Waals surface area contributed by atoms with Gasteiger partial charge in [0.2, 0.25) is 5.56 Å². The Hall–Kier alpha value is -2.11. The van der Waals surface area contributed by atoms with Crippen LogP contribution in [0.5, 0.6) is 0 Å². The Balaban J connectivity index is 2.16. The van der Waals surface area contributed by atoms with E-state index in [0.29, 0.717) is 24.9 Å². The van der Waals surface area contributed by atoms with Crippen LogP contribution in [0.25, 0.3) is 0 Å². The number of likely N-dealkylation sites (tertiary alicyclic amines) is 1. The number of pyridine rings is 1. The molecule has 1 aromatic rings. The summed E-state index contributed by atoms with van der Waals surface area (Å²) in [6.07, 6.45) is 3.18. The van der Waals surface area contributed by atoms with Crippen LogP contribution in [0, 0.1) is 5.41 Å². The molecule has 1 fully saturated rings. The number of carbonyl (C=O) groups excluding carboxylic acids is 1. The smallest absolute Gasteiger partial charge is 0.311 e. The number of carboxylic acid groups (broad SMARTS) is 1. The molecule has 108 valence electrons. The summed E-state index contributed by atoms with van der Waals surface area (Å²) >= 11 is 0. The quantitative estimate of drug-likeness (QED) is 0.862. The van der Waals surface area contributed by atoms with Gasteiger partial charge in [0.25, 0.3) is 5.91 Å². The fourth-order valence-corrected chi connectivity index (χ4v) is 2.74. The molecule has 2 N–H and O–H groups in total. The Bertz CT molecular complexity index is 560. The van der Waals surface area contributed by atoms with Crippen LogP contribution in [0.2, 0.25) is 0 Å². The van der Waals surface area contributed by atoms with Gasteiger partial charge >= 0.3 is 5.97 Å². The van der Waals surface area contributed by atoms with Gasteiger partial charge in [-0.15, -0.1) is 0 Å².